The predicted molar refractivity (Wildman–Crippen MR) is 112 cm³/mol. The van der Waals surface area contributed by atoms with Crippen molar-refractivity contribution in [3.8, 4) is 0 Å². The van der Waals surface area contributed by atoms with Gasteiger partial charge in [0.1, 0.15) is 6.04 Å². The normalized spacial score (nSPS) is 11.9. The Balaban J connectivity index is 1.65. The van der Waals surface area contributed by atoms with Gasteiger partial charge in [0.2, 0.25) is 5.91 Å². The molecule has 2 aromatic heterocycles. The van der Waals surface area contributed by atoms with Crippen molar-refractivity contribution in [2.45, 2.75) is 33.2 Å². The van der Waals surface area contributed by atoms with Crippen LogP contribution in [0.1, 0.15) is 23.9 Å². The van der Waals surface area contributed by atoms with Crippen LogP contribution in [0.15, 0.2) is 30.5 Å². The number of hydrogen-bond acceptors (Lipinski definition) is 5. The maximum absolute atomic E-state index is 12.6. The molecule has 0 unspecified atom stereocenters. The van der Waals surface area contributed by atoms with Crippen LogP contribution in [0, 0.1) is 13.8 Å². The molecule has 0 aliphatic heterocycles. The molecule has 0 saturated carbocycles. The Hall–Kier alpha value is -3.62. The molecule has 158 valence electrons. The minimum Gasteiger partial charge on any atom is -0.454 e. The Morgan fingerprint density at radius 1 is 1.23 bits per heavy atom. The first-order valence-electron chi connectivity index (χ1n) is 9.55. The van der Waals surface area contributed by atoms with Crippen molar-refractivity contribution in [1.29, 1.82) is 0 Å². The Morgan fingerprint density at radius 2 is 1.97 bits per heavy atom. The smallest absolute Gasteiger partial charge is 0.329 e. The fourth-order valence-electron chi connectivity index (χ4n) is 3.33. The Labute approximate surface area is 173 Å². The summed E-state index contributed by atoms with van der Waals surface area (Å²) >= 11 is 0. The zero-order chi connectivity index (χ0) is 21.8. The van der Waals surface area contributed by atoms with Crippen LogP contribution in [0.5, 0.6) is 0 Å². The number of ether oxygens (including phenoxy) is 1. The minimum absolute atomic E-state index is 0.241. The molecule has 9 nitrogen and oxygen atoms in total. The summed E-state index contributed by atoms with van der Waals surface area (Å²) in [6.07, 6.45) is 2.04. The molecule has 3 N–H and O–H groups in total. The van der Waals surface area contributed by atoms with E-state index in [0.717, 1.165) is 22.2 Å². The number of hydrogen-bond donors (Lipinski definition) is 3. The number of aromatic nitrogens is 3. The van der Waals surface area contributed by atoms with Crippen LogP contribution < -0.4 is 10.6 Å². The van der Waals surface area contributed by atoms with Gasteiger partial charge in [0.25, 0.3) is 5.91 Å². The third kappa shape index (κ3) is 4.68. The molecule has 0 fully saturated rings. The van der Waals surface area contributed by atoms with Crippen LogP contribution >= 0.6 is 0 Å². The van der Waals surface area contributed by atoms with Crippen LogP contribution in [-0.4, -0.2) is 45.2 Å². The van der Waals surface area contributed by atoms with Gasteiger partial charge in [-0.1, -0.05) is 18.2 Å². The molecular formula is C21H25N5O4. The highest BCUT2D eigenvalue weighted by molar-refractivity contribution is 5.94. The first kappa shape index (κ1) is 21.1. The molecule has 30 heavy (non-hydrogen) atoms. The van der Waals surface area contributed by atoms with Gasteiger partial charge in [-0.2, -0.15) is 5.10 Å². The van der Waals surface area contributed by atoms with Crippen molar-refractivity contribution in [2.24, 2.45) is 7.05 Å². The lowest BCUT2D eigenvalue weighted by molar-refractivity contribution is -0.150. The molecule has 2 amide bonds. The molecule has 0 aliphatic carbocycles. The molecule has 3 aromatic rings. The van der Waals surface area contributed by atoms with E-state index in [2.05, 4.69) is 20.7 Å². The van der Waals surface area contributed by atoms with Gasteiger partial charge in [-0.05, 0) is 25.5 Å². The minimum atomic E-state index is -0.906. The van der Waals surface area contributed by atoms with Gasteiger partial charge in [-0.3, -0.25) is 14.3 Å². The fourth-order valence-corrected chi connectivity index (χ4v) is 3.33. The first-order valence-corrected chi connectivity index (χ1v) is 9.55. The van der Waals surface area contributed by atoms with Gasteiger partial charge in [0.15, 0.2) is 6.61 Å². The lowest BCUT2D eigenvalue weighted by atomic mass is 10.0. The van der Waals surface area contributed by atoms with Crippen LogP contribution in [-0.2, 0) is 32.6 Å². The molecule has 0 radical (unpaired) electrons. The molecule has 0 spiro atoms. The van der Waals surface area contributed by atoms with E-state index in [9.17, 15) is 14.4 Å². The predicted octanol–water partition coefficient (Wildman–Crippen LogP) is 1.75. The van der Waals surface area contributed by atoms with Crippen LogP contribution in [0.3, 0.4) is 0 Å². The van der Waals surface area contributed by atoms with Crippen molar-refractivity contribution in [2.75, 3.05) is 11.9 Å². The number of esters is 1. The van der Waals surface area contributed by atoms with Gasteiger partial charge in [-0.25, -0.2) is 4.79 Å². The molecule has 9 heteroatoms. The lowest BCUT2D eigenvalue weighted by Gasteiger charge is -2.16. The maximum atomic E-state index is 12.6. The summed E-state index contributed by atoms with van der Waals surface area (Å²) in [5, 5.41) is 10.5. The van der Waals surface area contributed by atoms with Crippen molar-refractivity contribution >= 4 is 34.4 Å². The number of nitrogens with one attached hydrogen (secondary N) is 3. The van der Waals surface area contributed by atoms with E-state index < -0.39 is 24.5 Å². The zero-order valence-corrected chi connectivity index (χ0v) is 17.4. The SMILES string of the molecule is CC(=O)N[C@@H](Cc1c[nH]c2ccccc12)C(=O)OCC(=O)Nc1c(C)nn(C)c1C. The second kappa shape index (κ2) is 8.81. The average Bonchev–Trinajstić information content (AvgIpc) is 3.21. The Bertz CT molecular complexity index is 1100. The standard InChI is InChI=1S/C21H25N5O4/c1-12-20(13(2)26(4)25-12)24-19(28)11-30-21(29)18(23-14(3)27)9-15-10-22-17-8-6-5-7-16(15)17/h5-8,10,18,22H,9,11H2,1-4H3,(H,23,27)(H,24,28)/t18-/m0/s1. The Morgan fingerprint density at radius 3 is 2.63 bits per heavy atom. The third-order valence-corrected chi connectivity index (χ3v) is 4.88. The van der Waals surface area contributed by atoms with Gasteiger partial charge >= 0.3 is 5.97 Å². The zero-order valence-electron chi connectivity index (χ0n) is 17.4. The number of nitrogens with zero attached hydrogens (tertiary/aromatic N) is 2. The molecule has 0 aliphatic rings. The highest BCUT2D eigenvalue weighted by Crippen LogP contribution is 2.20. The van der Waals surface area contributed by atoms with Crippen molar-refractivity contribution in [3.05, 3.63) is 47.4 Å². The van der Waals surface area contributed by atoms with Gasteiger partial charge in [-0.15, -0.1) is 0 Å². The number of carbonyl (C=O) groups excluding carboxylic acids is 3. The van der Waals surface area contributed by atoms with Crippen LogP contribution in [0.2, 0.25) is 0 Å². The Kier molecular flexibility index (Phi) is 6.20. The molecule has 0 bridgehead atoms. The topological polar surface area (TPSA) is 118 Å². The van der Waals surface area contributed by atoms with Crippen molar-refractivity contribution < 1.29 is 19.1 Å². The second-order valence-corrected chi connectivity index (χ2v) is 7.14. The molecular weight excluding hydrogens is 386 g/mol. The van der Waals surface area contributed by atoms with E-state index in [4.69, 9.17) is 4.74 Å². The van der Waals surface area contributed by atoms with E-state index in [0.29, 0.717) is 11.4 Å². The highest BCUT2D eigenvalue weighted by Gasteiger charge is 2.24. The van der Waals surface area contributed by atoms with E-state index in [1.54, 1.807) is 24.9 Å². The third-order valence-electron chi connectivity index (χ3n) is 4.88. The lowest BCUT2D eigenvalue weighted by Crippen LogP contribution is -2.43. The number of aryl methyl sites for hydroxylation is 2. The number of anilines is 1. The number of para-hydroxylation sites is 1. The summed E-state index contributed by atoms with van der Waals surface area (Å²) < 4.78 is 6.84. The number of fused-ring (bicyclic) bond motifs is 1. The molecule has 1 aromatic carbocycles. The number of rotatable bonds is 7. The number of benzene rings is 1. The van der Waals surface area contributed by atoms with E-state index in [1.165, 1.54) is 6.92 Å². The second-order valence-electron chi connectivity index (χ2n) is 7.14. The number of aromatic amines is 1. The van der Waals surface area contributed by atoms with Gasteiger partial charge in [0.05, 0.1) is 17.1 Å². The summed E-state index contributed by atoms with van der Waals surface area (Å²) in [5.74, 6) is -1.51. The highest BCUT2D eigenvalue weighted by atomic mass is 16.5. The fraction of sp³-hybridized carbons (Fsp3) is 0.333. The maximum Gasteiger partial charge on any atom is 0.329 e. The van der Waals surface area contributed by atoms with Gasteiger partial charge < -0.3 is 20.4 Å². The monoisotopic (exact) mass is 411 g/mol. The van der Waals surface area contributed by atoms with E-state index >= 15 is 0 Å². The number of amides is 2. The van der Waals surface area contributed by atoms with Crippen molar-refractivity contribution in [1.82, 2.24) is 20.1 Å². The largest absolute Gasteiger partial charge is 0.454 e. The summed E-state index contributed by atoms with van der Waals surface area (Å²) in [7, 11) is 1.78. The van der Waals surface area contributed by atoms with Crippen LogP contribution in [0.4, 0.5) is 5.69 Å². The molecule has 2 heterocycles. The first-order chi connectivity index (χ1) is 14.3. The molecule has 0 saturated heterocycles. The van der Waals surface area contributed by atoms with Gasteiger partial charge in [0, 0.05) is 37.5 Å². The quantitative estimate of drug-likeness (QED) is 0.512. The van der Waals surface area contributed by atoms with Crippen LogP contribution in [0.25, 0.3) is 10.9 Å². The van der Waals surface area contributed by atoms with Crippen molar-refractivity contribution in [3.63, 3.8) is 0 Å². The van der Waals surface area contributed by atoms with E-state index in [-0.39, 0.29) is 12.3 Å². The summed E-state index contributed by atoms with van der Waals surface area (Å²) in [5.41, 5.74) is 3.86. The molecule has 3 rings (SSSR count). The summed E-state index contributed by atoms with van der Waals surface area (Å²) in [4.78, 5) is 39.6. The molecule has 1 atom stereocenters. The summed E-state index contributed by atoms with van der Waals surface area (Å²) in [6.45, 7) is 4.48. The number of carbonyl (C=O) groups is 3. The summed E-state index contributed by atoms with van der Waals surface area (Å²) in [6, 6.07) is 6.77. The number of H-pyrrole nitrogens is 1. The average molecular weight is 411 g/mol. The van der Waals surface area contributed by atoms with E-state index in [1.807, 2.05) is 31.2 Å².